The van der Waals surface area contributed by atoms with Crippen LogP contribution in [0.1, 0.15) is 59.8 Å². The van der Waals surface area contributed by atoms with Crippen molar-refractivity contribution in [3.05, 3.63) is 23.3 Å². The minimum Gasteiger partial charge on any atom is -0.466 e. The highest BCUT2D eigenvalue weighted by Crippen LogP contribution is 2.66. The first-order valence-corrected chi connectivity index (χ1v) is 10.4. The maximum absolute atomic E-state index is 12.1. The van der Waals surface area contributed by atoms with E-state index in [1.54, 1.807) is 0 Å². The van der Waals surface area contributed by atoms with Gasteiger partial charge in [-0.2, -0.15) is 0 Å². The highest BCUT2D eigenvalue weighted by atomic mass is 16.5. The SMILES string of the molecule is CC(=O)OC[C@H]1C[C@H](O)[C@@]2(C)CC[C@H]3[C@@H](CCC4=CC(=O)C=C(C)[C@@]43C)[C@H]12. The summed E-state index contributed by atoms with van der Waals surface area (Å²) in [6.45, 7) is 8.56. The summed E-state index contributed by atoms with van der Waals surface area (Å²) < 4.78 is 5.40. The van der Waals surface area contributed by atoms with Crippen LogP contribution in [0.2, 0.25) is 0 Å². The van der Waals surface area contributed by atoms with Crippen molar-refractivity contribution in [3.8, 4) is 0 Å². The van der Waals surface area contributed by atoms with Gasteiger partial charge in [-0.25, -0.2) is 0 Å². The monoisotopic (exact) mass is 372 g/mol. The number of allylic oxidation sites excluding steroid dienone is 4. The second-order valence-electron chi connectivity index (χ2n) is 9.80. The first-order chi connectivity index (χ1) is 12.7. The molecular formula is C23H32O4. The van der Waals surface area contributed by atoms with Crippen molar-refractivity contribution >= 4 is 11.8 Å². The number of rotatable bonds is 2. The van der Waals surface area contributed by atoms with Gasteiger partial charge in [-0.3, -0.25) is 9.59 Å². The van der Waals surface area contributed by atoms with Gasteiger partial charge in [0.15, 0.2) is 5.78 Å². The van der Waals surface area contributed by atoms with E-state index >= 15 is 0 Å². The van der Waals surface area contributed by atoms with E-state index in [4.69, 9.17) is 4.74 Å². The van der Waals surface area contributed by atoms with Crippen LogP contribution in [0.3, 0.4) is 0 Å². The topological polar surface area (TPSA) is 63.6 Å². The fourth-order valence-corrected chi connectivity index (χ4v) is 7.22. The maximum Gasteiger partial charge on any atom is 0.302 e. The molecule has 0 aromatic heterocycles. The third-order valence-electron chi connectivity index (χ3n) is 8.68. The minimum atomic E-state index is -0.321. The maximum atomic E-state index is 12.1. The number of ketones is 1. The van der Waals surface area contributed by atoms with Gasteiger partial charge in [-0.15, -0.1) is 0 Å². The molecule has 0 heterocycles. The van der Waals surface area contributed by atoms with Gasteiger partial charge in [-0.1, -0.05) is 25.0 Å². The Hall–Kier alpha value is -1.42. The Morgan fingerprint density at radius 3 is 2.74 bits per heavy atom. The van der Waals surface area contributed by atoms with Gasteiger partial charge in [0, 0.05) is 12.3 Å². The number of hydrogen-bond donors (Lipinski definition) is 1. The summed E-state index contributed by atoms with van der Waals surface area (Å²) in [6.07, 6.45) is 8.20. The summed E-state index contributed by atoms with van der Waals surface area (Å²) in [5.74, 6) is 1.48. The average molecular weight is 373 g/mol. The first-order valence-electron chi connectivity index (χ1n) is 10.4. The quantitative estimate of drug-likeness (QED) is 0.748. The molecule has 148 valence electrons. The van der Waals surface area contributed by atoms with Crippen LogP contribution in [0.4, 0.5) is 0 Å². The summed E-state index contributed by atoms with van der Waals surface area (Å²) in [4.78, 5) is 23.5. The zero-order valence-electron chi connectivity index (χ0n) is 17.0. The molecule has 4 heteroatoms. The molecule has 0 amide bonds. The zero-order chi connectivity index (χ0) is 19.6. The van der Waals surface area contributed by atoms with Crippen molar-refractivity contribution in [2.24, 2.45) is 34.5 Å². The van der Waals surface area contributed by atoms with Crippen molar-refractivity contribution in [1.29, 1.82) is 0 Å². The van der Waals surface area contributed by atoms with Crippen molar-refractivity contribution in [2.45, 2.75) is 65.9 Å². The lowest BCUT2D eigenvalue weighted by atomic mass is 9.46. The highest BCUT2D eigenvalue weighted by molar-refractivity contribution is 6.02. The highest BCUT2D eigenvalue weighted by Gasteiger charge is 2.62. The Bertz CT molecular complexity index is 735. The minimum absolute atomic E-state index is 0.0440. The van der Waals surface area contributed by atoms with Gasteiger partial charge in [-0.05, 0) is 80.3 Å². The van der Waals surface area contributed by atoms with Gasteiger partial charge in [0.2, 0.25) is 0 Å². The lowest BCUT2D eigenvalue weighted by molar-refractivity contribution is -0.144. The van der Waals surface area contributed by atoms with Gasteiger partial charge in [0.1, 0.15) is 0 Å². The predicted octanol–water partition coefficient (Wildman–Crippen LogP) is 3.83. The standard InChI is InChI=1S/C23H32O4/c1-13-9-17(25)11-16-5-6-18-19(23(13,16)4)7-8-22(3)20(26)10-15(21(18)22)12-27-14(2)24/h9,11,15,18-21,26H,5-8,10,12H2,1-4H3/t15-,18-,19+,20+,21+,22-,23+/m1/s1. The normalized spacial score (nSPS) is 46.0. The number of esters is 1. The molecule has 4 nitrogen and oxygen atoms in total. The van der Waals surface area contributed by atoms with Crippen LogP contribution in [0.15, 0.2) is 23.3 Å². The van der Waals surface area contributed by atoms with Crippen LogP contribution >= 0.6 is 0 Å². The molecule has 4 aliphatic carbocycles. The van der Waals surface area contributed by atoms with E-state index in [1.807, 2.05) is 12.2 Å². The second-order valence-corrected chi connectivity index (χ2v) is 9.80. The fraction of sp³-hybridized carbons (Fsp3) is 0.739. The molecule has 0 saturated heterocycles. The molecule has 4 rings (SSSR count). The van der Waals surface area contributed by atoms with Crippen molar-refractivity contribution < 1.29 is 19.4 Å². The zero-order valence-corrected chi connectivity index (χ0v) is 17.0. The summed E-state index contributed by atoms with van der Waals surface area (Å²) >= 11 is 0. The molecule has 0 aromatic carbocycles. The third-order valence-corrected chi connectivity index (χ3v) is 8.68. The molecule has 0 spiro atoms. The molecule has 7 atom stereocenters. The van der Waals surface area contributed by atoms with Crippen LogP contribution in [-0.2, 0) is 14.3 Å². The summed E-state index contributed by atoms with van der Waals surface area (Å²) in [6, 6.07) is 0. The smallest absolute Gasteiger partial charge is 0.302 e. The summed E-state index contributed by atoms with van der Waals surface area (Å²) in [5.41, 5.74) is 2.36. The van der Waals surface area contributed by atoms with E-state index in [0.29, 0.717) is 24.4 Å². The van der Waals surface area contributed by atoms with Gasteiger partial charge in [0.05, 0.1) is 12.7 Å². The molecule has 0 aromatic rings. The second kappa shape index (κ2) is 6.30. The van der Waals surface area contributed by atoms with E-state index in [9.17, 15) is 14.7 Å². The van der Waals surface area contributed by atoms with Gasteiger partial charge >= 0.3 is 5.97 Å². The number of ether oxygens (including phenoxy) is 1. The molecule has 0 unspecified atom stereocenters. The van der Waals surface area contributed by atoms with Crippen LogP contribution in [0, 0.1) is 34.5 Å². The van der Waals surface area contributed by atoms with Crippen molar-refractivity contribution in [1.82, 2.24) is 0 Å². The number of fused-ring (bicyclic) bond motifs is 5. The molecule has 0 bridgehead atoms. The number of aliphatic hydroxyl groups is 1. The van der Waals surface area contributed by atoms with E-state index in [-0.39, 0.29) is 34.6 Å². The van der Waals surface area contributed by atoms with E-state index < -0.39 is 0 Å². The van der Waals surface area contributed by atoms with Crippen LogP contribution in [0.25, 0.3) is 0 Å². The summed E-state index contributed by atoms with van der Waals surface area (Å²) in [7, 11) is 0. The molecule has 0 radical (unpaired) electrons. The fourth-order valence-electron chi connectivity index (χ4n) is 7.22. The van der Waals surface area contributed by atoms with E-state index in [0.717, 1.165) is 32.1 Å². The number of aliphatic hydroxyl groups excluding tert-OH is 1. The molecule has 27 heavy (non-hydrogen) atoms. The third kappa shape index (κ3) is 2.66. The van der Waals surface area contributed by atoms with Crippen molar-refractivity contribution in [2.75, 3.05) is 6.61 Å². The average Bonchev–Trinajstić information content (AvgIpc) is 2.85. The van der Waals surface area contributed by atoms with E-state index in [2.05, 4.69) is 20.8 Å². The van der Waals surface area contributed by atoms with E-state index in [1.165, 1.54) is 18.1 Å². The summed E-state index contributed by atoms with van der Waals surface area (Å²) in [5, 5.41) is 10.9. The van der Waals surface area contributed by atoms with Gasteiger partial charge in [0.25, 0.3) is 0 Å². The number of carbonyl (C=O) groups is 2. The molecule has 3 fully saturated rings. The molecular weight excluding hydrogens is 340 g/mol. The Labute approximate surface area is 162 Å². The Morgan fingerprint density at radius 2 is 2.04 bits per heavy atom. The Morgan fingerprint density at radius 1 is 1.30 bits per heavy atom. The lowest BCUT2D eigenvalue weighted by Gasteiger charge is -2.58. The van der Waals surface area contributed by atoms with Gasteiger partial charge < -0.3 is 9.84 Å². The largest absolute Gasteiger partial charge is 0.466 e. The van der Waals surface area contributed by atoms with Crippen LogP contribution in [-0.4, -0.2) is 29.6 Å². The first kappa shape index (κ1) is 18.9. The van der Waals surface area contributed by atoms with Crippen LogP contribution in [0.5, 0.6) is 0 Å². The van der Waals surface area contributed by atoms with Crippen LogP contribution < -0.4 is 0 Å². The number of carbonyl (C=O) groups excluding carboxylic acids is 2. The number of hydrogen-bond acceptors (Lipinski definition) is 4. The lowest BCUT2D eigenvalue weighted by Crippen LogP contribution is -2.52. The molecule has 1 N–H and O–H groups in total. The molecule has 4 aliphatic rings. The predicted molar refractivity (Wildman–Crippen MR) is 103 cm³/mol. The van der Waals surface area contributed by atoms with Crippen molar-refractivity contribution in [3.63, 3.8) is 0 Å². The molecule has 3 saturated carbocycles. The molecule has 0 aliphatic heterocycles. The Balaban J connectivity index is 1.69. The Kier molecular flexibility index (Phi) is 4.41.